The third-order valence-corrected chi connectivity index (χ3v) is 4.78. The van der Waals surface area contributed by atoms with Gasteiger partial charge in [-0.05, 0) is 62.4 Å². The predicted octanol–water partition coefficient (Wildman–Crippen LogP) is 5.15. The Kier molecular flexibility index (Phi) is 5.96. The second-order valence-corrected chi connectivity index (χ2v) is 7.19. The maximum atomic E-state index is 12.6. The summed E-state index contributed by atoms with van der Waals surface area (Å²) in [6, 6.07) is 14.2. The maximum Gasteiger partial charge on any atom is 0.277 e. The number of aromatic nitrogens is 2. The van der Waals surface area contributed by atoms with Crippen LogP contribution in [0, 0.1) is 0 Å². The summed E-state index contributed by atoms with van der Waals surface area (Å²) in [4.78, 5) is 12.6. The average molecular weight is 389 g/mol. The van der Waals surface area contributed by atoms with Gasteiger partial charge in [0.2, 0.25) is 5.89 Å². The Labute approximate surface area is 160 Å². The van der Waals surface area contributed by atoms with Crippen LogP contribution in [-0.4, -0.2) is 27.8 Å². The van der Waals surface area contributed by atoms with Crippen LogP contribution in [0.3, 0.4) is 0 Å². The normalized spacial score (nSPS) is 12.0. The first-order valence-corrected chi connectivity index (χ1v) is 9.35. The van der Waals surface area contributed by atoms with Gasteiger partial charge in [-0.15, -0.1) is 10.2 Å². The molecule has 0 aliphatic rings. The Hall–Kier alpha value is -2.31. The van der Waals surface area contributed by atoms with Crippen molar-refractivity contribution < 1.29 is 13.9 Å². The number of rotatable bonds is 7. The van der Waals surface area contributed by atoms with Crippen molar-refractivity contribution in [2.24, 2.45) is 0 Å². The zero-order chi connectivity index (χ0) is 18.5. The number of benzene rings is 2. The van der Waals surface area contributed by atoms with Crippen molar-refractivity contribution >= 4 is 29.1 Å². The number of carbonyl (C=O) groups is 1. The standard InChI is InChI=1S/C19H17ClN2O3S/c1-3-24-16-10-6-13(7-11-16)17(23)12(2)26-19-22-21-18(25-19)14-4-8-15(20)9-5-14/h4-12H,3H2,1-2H3. The molecule has 0 aliphatic carbocycles. The van der Waals surface area contributed by atoms with Crippen LogP contribution in [0.25, 0.3) is 11.5 Å². The minimum Gasteiger partial charge on any atom is -0.494 e. The third-order valence-electron chi connectivity index (χ3n) is 3.59. The van der Waals surface area contributed by atoms with Crippen molar-refractivity contribution in [1.29, 1.82) is 0 Å². The van der Waals surface area contributed by atoms with E-state index in [-0.39, 0.29) is 11.0 Å². The van der Waals surface area contributed by atoms with Gasteiger partial charge in [0, 0.05) is 16.1 Å². The molecule has 0 spiro atoms. The van der Waals surface area contributed by atoms with Gasteiger partial charge in [0.15, 0.2) is 5.78 Å². The first-order chi connectivity index (χ1) is 12.6. The van der Waals surface area contributed by atoms with E-state index in [0.717, 1.165) is 11.3 Å². The molecule has 2 aromatic carbocycles. The highest BCUT2D eigenvalue weighted by molar-refractivity contribution is 8.00. The summed E-state index contributed by atoms with van der Waals surface area (Å²) in [5, 5.41) is 8.67. The van der Waals surface area contributed by atoms with Crippen LogP contribution in [0.4, 0.5) is 0 Å². The molecule has 1 aromatic heterocycles. The molecule has 0 radical (unpaired) electrons. The minimum atomic E-state index is -0.355. The van der Waals surface area contributed by atoms with Gasteiger partial charge in [-0.1, -0.05) is 23.4 Å². The number of Topliss-reactive ketones (excluding diaryl/α,β-unsaturated/α-hetero) is 1. The average Bonchev–Trinajstić information content (AvgIpc) is 3.11. The molecular formula is C19H17ClN2O3S. The van der Waals surface area contributed by atoms with Crippen molar-refractivity contribution in [3.05, 3.63) is 59.1 Å². The Morgan fingerprint density at radius 3 is 2.50 bits per heavy atom. The van der Waals surface area contributed by atoms with E-state index in [1.165, 1.54) is 11.8 Å². The van der Waals surface area contributed by atoms with Crippen LogP contribution in [-0.2, 0) is 0 Å². The van der Waals surface area contributed by atoms with Crippen LogP contribution >= 0.6 is 23.4 Å². The van der Waals surface area contributed by atoms with E-state index >= 15 is 0 Å². The second kappa shape index (κ2) is 8.38. The van der Waals surface area contributed by atoms with Crippen molar-refractivity contribution in [2.45, 2.75) is 24.3 Å². The molecule has 1 heterocycles. The smallest absolute Gasteiger partial charge is 0.277 e. The highest BCUT2D eigenvalue weighted by atomic mass is 35.5. The van der Waals surface area contributed by atoms with Gasteiger partial charge < -0.3 is 9.15 Å². The molecule has 1 atom stereocenters. The fraction of sp³-hybridized carbons (Fsp3) is 0.211. The molecule has 0 bridgehead atoms. The number of ether oxygens (including phenoxy) is 1. The van der Waals surface area contributed by atoms with Gasteiger partial charge in [-0.25, -0.2) is 0 Å². The number of halogens is 1. The summed E-state index contributed by atoms with van der Waals surface area (Å²) >= 11 is 7.11. The number of nitrogens with zero attached hydrogens (tertiary/aromatic N) is 2. The first-order valence-electron chi connectivity index (χ1n) is 8.10. The third kappa shape index (κ3) is 4.45. The molecule has 3 aromatic rings. The molecular weight excluding hydrogens is 372 g/mol. The van der Waals surface area contributed by atoms with E-state index in [2.05, 4.69) is 10.2 Å². The summed E-state index contributed by atoms with van der Waals surface area (Å²) < 4.78 is 11.0. The Bertz CT molecular complexity index is 879. The lowest BCUT2D eigenvalue weighted by Crippen LogP contribution is -2.13. The minimum absolute atomic E-state index is 0.00992. The molecule has 7 heteroatoms. The van der Waals surface area contributed by atoms with E-state index in [4.69, 9.17) is 20.8 Å². The molecule has 0 N–H and O–H groups in total. The fourth-order valence-corrected chi connectivity index (χ4v) is 3.17. The van der Waals surface area contributed by atoms with Gasteiger partial charge in [-0.3, -0.25) is 4.79 Å². The molecule has 5 nitrogen and oxygen atoms in total. The largest absolute Gasteiger partial charge is 0.494 e. The van der Waals surface area contributed by atoms with Crippen LogP contribution in [0.5, 0.6) is 5.75 Å². The van der Waals surface area contributed by atoms with Crippen LogP contribution in [0.15, 0.2) is 58.2 Å². The number of carbonyl (C=O) groups excluding carboxylic acids is 1. The molecule has 3 rings (SSSR count). The van der Waals surface area contributed by atoms with Crippen LogP contribution in [0.1, 0.15) is 24.2 Å². The highest BCUT2D eigenvalue weighted by Gasteiger charge is 2.20. The molecule has 1 unspecified atom stereocenters. The lowest BCUT2D eigenvalue weighted by atomic mass is 10.1. The summed E-state index contributed by atoms with van der Waals surface area (Å²) in [6.07, 6.45) is 0. The Morgan fingerprint density at radius 1 is 1.15 bits per heavy atom. The van der Waals surface area contributed by atoms with Crippen LogP contribution < -0.4 is 4.74 Å². The Balaban J connectivity index is 1.66. The van der Waals surface area contributed by atoms with Crippen molar-refractivity contribution in [1.82, 2.24) is 10.2 Å². The van der Waals surface area contributed by atoms with Crippen LogP contribution in [0.2, 0.25) is 5.02 Å². The number of ketones is 1. The zero-order valence-corrected chi connectivity index (χ0v) is 15.9. The summed E-state index contributed by atoms with van der Waals surface area (Å²) in [5.74, 6) is 1.13. The van der Waals surface area contributed by atoms with E-state index in [9.17, 15) is 4.79 Å². The molecule has 0 fully saturated rings. The molecule has 0 saturated carbocycles. The topological polar surface area (TPSA) is 65.2 Å². The van der Waals surface area contributed by atoms with E-state index < -0.39 is 0 Å². The van der Waals surface area contributed by atoms with E-state index in [1.807, 2.05) is 13.8 Å². The molecule has 0 amide bonds. The SMILES string of the molecule is CCOc1ccc(C(=O)C(C)Sc2nnc(-c3ccc(Cl)cc3)o2)cc1. The van der Waals surface area contributed by atoms with Gasteiger partial charge in [0.25, 0.3) is 5.22 Å². The maximum absolute atomic E-state index is 12.6. The monoisotopic (exact) mass is 388 g/mol. The second-order valence-electron chi connectivity index (χ2n) is 5.46. The number of thioether (sulfide) groups is 1. The van der Waals surface area contributed by atoms with E-state index in [0.29, 0.717) is 28.3 Å². The lowest BCUT2D eigenvalue weighted by molar-refractivity contribution is 0.0993. The predicted molar refractivity (Wildman–Crippen MR) is 102 cm³/mol. The number of hydrogen-bond donors (Lipinski definition) is 0. The van der Waals surface area contributed by atoms with Gasteiger partial charge in [-0.2, -0.15) is 0 Å². The molecule has 134 valence electrons. The quantitative estimate of drug-likeness (QED) is 0.412. The van der Waals surface area contributed by atoms with Gasteiger partial charge >= 0.3 is 0 Å². The fourth-order valence-electron chi connectivity index (χ4n) is 2.29. The van der Waals surface area contributed by atoms with Crippen molar-refractivity contribution in [3.63, 3.8) is 0 Å². The van der Waals surface area contributed by atoms with E-state index in [1.54, 1.807) is 48.5 Å². The summed E-state index contributed by atoms with van der Waals surface area (Å²) in [7, 11) is 0. The zero-order valence-electron chi connectivity index (χ0n) is 14.3. The highest BCUT2D eigenvalue weighted by Crippen LogP contribution is 2.28. The van der Waals surface area contributed by atoms with Gasteiger partial charge in [0.1, 0.15) is 5.75 Å². The molecule has 0 aliphatic heterocycles. The summed E-state index contributed by atoms with van der Waals surface area (Å²) in [5.41, 5.74) is 1.39. The first kappa shape index (κ1) is 18.5. The Morgan fingerprint density at radius 2 is 1.85 bits per heavy atom. The van der Waals surface area contributed by atoms with Gasteiger partial charge in [0.05, 0.1) is 11.9 Å². The lowest BCUT2D eigenvalue weighted by Gasteiger charge is -2.08. The van der Waals surface area contributed by atoms with Crippen molar-refractivity contribution in [3.8, 4) is 17.2 Å². The molecule has 26 heavy (non-hydrogen) atoms. The summed E-state index contributed by atoms with van der Waals surface area (Å²) in [6.45, 7) is 4.32. The molecule has 0 saturated heterocycles. The number of hydrogen-bond acceptors (Lipinski definition) is 6. The van der Waals surface area contributed by atoms with Crippen molar-refractivity contribution in [2.75, 3.05) is 6.61 Å².